The normalized spacial score (nSPS) is 43.3. The van der Waals surface area contributed by atoms with E-state index in [1.165, 1.54) is 14.0 Å². The lowest BCUT2D eigenvalue weighted by Crippen LogP contribution is -2.61. The smallest absolute Gasteiger partial charge is 0.311 e. The molecule has 0 spiro atoms. The van der Waals surface area contributed by atoms with E-state index in [-0.39, 0.29) is 37.3 Å². The predicted octanol–water partition coefficient (Wildman–Crippen LogP) is 4.00. The van der Waals surface area contributed by atoms with Crippen LogP contribution in [0.1, 0.15) is 94.9 Å². The number of hydrogen-bond acceptors (Lipinski definition) is 16. The van der Waals surface area contributed by atoms with E-state index in [1.807, 2.05) is 53.7 Å². The average molecular weight is 885 g/mol. The van der Waals surface area contributed by atoms with Crippen molar-refractivity contribution in [2.45, 2.75) is 185 Å². The molecule has 3 fully saturated rings. The SMILES string of the molecule is CCC1OC(=O)C(C)C(O[C@H]2C[C@@](C)(OC)[C@@H](O)[C@H](C)O2)C(C)C(O[C@@H]2O[C@H](C)C[C@H](N(C)C)[C@H]2Oc2ccc(OC)cc2OC)C(C)(O)CC(C)CN(C)C(C)C(O)C1(C)O. The number of carbonyl (C=O) groups is 1. The molecule has 0 radical (unpaired) electrons. The molecule has 358 valence electrons. The summed E-state index contributed by atoms with van der Waals surface area (Å²) in [4.78, 5) is 18.5. The van der Waals surface area contributed by atoms with Crippen LogP contribution in [0.3, 0.4) is 0 Å². The Kier molecular flexibility index (Phi) is 18.0. The van der Waals surface area contributed by atoms with Gasteiger partial charge in [0, 0.05) is 38.1 Å². The van der Waals surface area contributed by atoms with Crippen molar-refractivity contribution in [3.8, 4) is 17.2 Å². The van der Waals surface area contributed by atoms with Gasteiger partial charge in [0.15, 0.2) is 30.2 Å². The van der Waals surface area contributed by atoms with Gasteiger partial charge in [-0.25, -0.2) is 0 Å². The Bertz CT molecular complexity index is 1580. The number of carbonyl (C=O) groups excluding carboxylic acids is 1. The van der Waals surface area contributed by atoms with E-state index in [0.717, 1.165) is 0 Å². The van der Waals surface area contributed by atoms with Crippen LogP contribution < -0.4 is 14.2 Å². The highest BCUT2D eigenvalue weighted by Gasteiger charge is 2.53. The standard InChI is InChI=1S/C46H80N2O14/c1-17-35-46(10,53)39(49)29(6)48(13)24-25(2)22-44(8,52)41(27(4)37(28(5)42(51)60-35)61-36-23-45(9,56-16)40(50)30(7)58-36)62-43-38(32(47(11)12)20-26(3)57-43)59-33-19-18-31(54-14)21-34(33)55-15/h18-19,21,25-30,32,35-41,43,49-50,52-53H,17,20,22-24H2,1-16H3/t25?,26-,27?,28?,29?,30+,32+,35?,36+,37?,38-,39?,40+,41?,43+,44?,45-,46?/m1/s1. The Morgan fingerprint density at radius 3 is 2.13 bits per heavy atom. The Balaban J connectivity index is 1.89. The van der Waals surface area contributed by atoms with Crippen LogP contribution >= 0.6 is 0 Å². The molecular weight excluding hydrogens is 805 g/mol. The Labute approximate surface area is 370 Å². The van der Waals surface area contributed by atoms with Gasteiger partial charge in [0.05, 0.1) is 61.8 Å². The summed E-state index contributed by atoms with van der Waals surface area (Å²) >= 11 is 0. The van der Waals surface area contributed by atoms with E-state index in [1.54, 1.807) is 67.0 Å². The van der Waals surface area contributed by atoms with Crippen molar-refractivity contribution in [1.29, 1.82) is 0 Å². The fraction of sp³-hybridized carbons (Fsp3) is 0.848. The number of ether oxygens (including phenoxy) is 9. The largest absolute Gasteiger partial charge is 0.497 e. The van der Waals surface area contributed by atoms with E-state index in [4.69, 9.17) is 42.6 Å². The van der Waals surface area contributed by atoms with Crippen LogP contribution in [0.25, 0.3) is 0 Å². The van der Waals surface area contributed by atoms with Gasteiger partial charge in [-0.15, -0.1) is 0 Å². The summed E-state index contributed by atoms with van der Waals surface area (Å²) < 4.78 is 56.8. The summed E-state index contributed by atoms with van der Waals surface area (Å²) in [5.41, 5.74) is -4.46. The number of benzene rings is 1. The maximum atomic E-state index is 14.5. The molecule has 4 rings (SSSR count). The topological polar surface area (TPSA) is 188 Å². The molecule has 16 heteroatoms. The third-order valence-electron chi connectivity index (χ3n) is 13.8. The Morgan fingerprint density at radius 2 is 1.55 bits per heavy atom. The zero-order valence-corrected chi connectivity index (χ0v) is 40.2. The first kappa shape index (κ1) is 52.3. The number of nitrogens with zero attached hydrogens (tertiary/aromatic N) is 2. The number of methoxy groups -OCH3 is 3. The molecule has 10 unspecified atom stereocenters. The molecule has 3 aliphatic rings. The van der Waals surface area contributed by atoms with E-state index in [2.05, 4.69) is 4.90 Å². The zero-order valence-electron chi connectivity index (χ0n) is 40.2. The van der Waals surface area contributed by atoms with Crippen LogP contribution in [0.4, 0.5) is 0 Å². The summed E-state index contributed by atoms with van der Waals surface area (Å²) in [6, 6.07) is 4.52. The van der Waals surface area contributed by atoms with Gasteiger partial charge >= 0.3 is 5.97 Å². The number of rotatable bonds is 11. The highest BCUT2D eigenvalue weighted by molar-refractivity contribution is 5.73. The number of aliphatic hydroxyl groups excluding tert-OH is 2. The molecule has 0 bridgehead atoms. The molecule has 62 heavy (non-hydrogen) atoms. The second kappa shape index (κ2) is 21.3. The van der Waals surface area contributed by atoms with Crippen molar-refractivity contribution in [2.75, 3.05) is 49.0 Å². The molecule has 3 aliphatic heterocycles. The molecule has 0 aromatic heterocycles. The monoisotopic (exact) mass is 885 g/mol. The fourth-order valence-electron chi connectivity index (χ4n) is 9.87. The minimum atomic E-state index is -1.82. The van der Waals surface area contributed by atoms with Crippen molar-refractivity contribution in [3.63, 3.8) is 0 Å². The highest BCUT2D eigenvalue weighted by atomic mass is 16.7. The molecule has 4 N–H and O–H groups in total. The molecule has 1 aromatic carbocycles. The first-order chi connectivity index (χ1) is 28.8. The van der Waals surface area contributed by atoms with Crippen molar-refractivity contribution in [1.82, 2.24) is 9.80 Å². The van der Waals surface area contributed by atoms with Crippen LogP contribution in [0, 0.1) is 17.8 Å². The Hall–Kier alpha value is -2.35. The molecular formula is C46H80N2O14. The summed E-state index contributed by atoms with van der Waals surface area (Å²) in [6.07, 6.45) is -8.02. The Morgan fingerprint density at radius 1 is 0.887 bits per heavy atom. The van der Waals surface area contributed by atoms with Gasteiger partial charge in [0.2, 0.25) is 0 Å². The van der Waals surface area contributed by atoms with Gasteiger partial charge in [-0.3, -0.25) is 4.79 Å². The minimum absolute atomic E-state index is 0.120. The quantitative estimate of drug-likeness (QED) is 0.234. The zero-order chi connectivity index (χ0) is 46.6. The maximum absolute atomic E-state index is 14.5. The summed E-state index contributed by atoms with van der Waals surface area (Å²) in [6.45, 7) is 18.3. The average Bonchev–Trinajstić information content (AvgIpc) is 3.21. The summed E-state index contributed by atoms with van der Waals surface area (Å²) in [5, 5.41) is 47.5. The van der Waals surface area contributed by atoms with E-state index >= 15 is 0 Å². The lowest BCUT2D eigenvalue weighted by atomic mass is 9.77. The van der Waals surface area contributed by atoms with Crippen LogP contribution in [-0.2, 0) is 33.2 Å². The summed E-state index contributed by atoms with van der Waals surface area (Å²) in [5.74, 6) is -1.19. The first-order valence-electron chi connectivity index (χ1n) is 22.3. The van der Waals surface area contributed by atoms with Crippen molar-refractivity contribution < 1.29 is 67.9 Å². The molecule has 0 amide bonds. The van der Waals surface area contributed by atoms with Crippen LogP contribution in [0.15, 0.2) is 18.2 Å². The third kappa shape index (κ3) is 11.7. The van der Waals surface area contributed by atoms with Crippen LogP contribution in [0.5, 0.6) is 17.2 Å². The van der Waals surface area contributed by atoms with Crippen LogP contribution in [-0.4, -0.2) is 176 Å². The van der Waals surface area contributed by atoms with Crippen molar-refractivity contribution in [2.24, 2.45) is 17.8 Å². The highest BCUT2D eigenvalue weighted by Crippen LogP contribution is 2.42. The second-order valence-electron chi connectivity index (χ2n) is 19.3. The molecule has 3 heterocycles. The molecule has 16 nitrogen and oxygen atoms in total. The number of likely N-dealkylation sites (N-methyl/N-ethyl adjacent to an activating group) is 2. The number of aliphatic hydroxyl groups is 4. The predicted molar refractivity (Wildman–Crippen MR) is 232 cm³/mol. The van der Waals surface area contributed by atoms with Gasteiger partial charge in [0.1, 0.15) is 29.7 Å². The number of hydrogen-bond donors (Lipinski definition) is 4. The molecule has 0 saturated carbocycles. The minimum Gasteiger partial charge on any atom is -0.497 e. The molecule has 1 aromatic rings. The molecule has 3 saturated heterocycles. The molecule has 18 atom stereocenters. The first-order valence-corrected chi connectivity index (χ1v) is 22.3. The number of cyclic esters (lactones) is 1. The fourth-order valence-corrected chi connectivity index (χ4v) is 9.87. The molecule has 0 aliphatic carbocycles. The lowest BCUT2D eigenvalue weighted by Gasteiger charge is -2.49. The van der Waals surface area contributed by atoms with E-state index in [0.29, 0.717) is 30.2 Å². The van der Waals surface area contributed by atoms with Crippen molar-refractivity contribution >= 4 is 5.97 Å². The van der Waals surface area contributed by atoms with Gasteiger partial charge in [-0.05, 0) is 107 Å². The van der Waals surface area contributed by atoms with Gasteiger partial charge < -0.3 is 72.9 Å². The lowest BCUT2D eigenvalue weighted by molar-refractivity contribution is -0.316. The number of esters is 1. The third-order valence-corrected chi connectivity index (χ3v) is 13.8. The van der Waals surface area contributed by atoms with Gasteiger partial charge in [-0.1, -0.05) is 20.8 Å². The summed E-state index contributed by atoms with van der Waals surface area (Å²) in [7, 11) is 10.4. The van der Waals surface area contributed by atoms with Gasteiger partial charge in [0.25, 0.3) is 0 Å². The second-order valence-corrected chi connectivity index (χ2v) is 19.3. The maximum Gasteiger partial charge on any atom is 0.311 e. The van der Waals surface area contributed by atoms with E-state index in [9.17, 15) is 25.2 Å². The van der Waals surface area contributed by atoms with Crippen molar-refractivity contribution in [3.05, 3.63) is 18.2 Å². The van der Waals surface area contributed by atoms with Gasteiger partial charge in [-0.2, -0.15) is 0 Å². The van der Waals surface area contributed by atoms with E-state index < -0.39 is 96.0 Å². The van der Waals surface area contributed by atoms with Crippen LogP contribution in [0.2, 0.25) is 0 Å².